The number of alkyl halides is 3. The molecule has 0 saturated carbocycles. The summed E-state index contributed by atoms with van der Waals surface area (Å²) >= 11 is 0. The van der Waals surface area contributed by atoms with Gasteiger partial charge in [0.15, 0.2) is 0 Å². The number of carbonyl (C=O) groups is 1. The van der Waals surface area contributed by atoms with Gasteiger partial charge in [0.1, 0.15) is 0 Å². The summed E-state index contributed by atoms with van der Waals surface area (Å²) in [5.74, 6) is -1.33. The molecule has 2 rings (SSSR count). The Balaban J connectivity index is 2.48. The third-order valence-electron chi connectivity index (χ3n) is 4.84. The smallest absolute Gasteiger partial charge is 0.345 e. The number of nitrogens with zero attached hydrogens (tertiary/aromatic N) is 2. The second kappa shape index (κ2) is 7.26. The predicted octanol–water partition coefficient (Wildman–Crippen LogP) is 3.88. The van der Waals surface area contributed by atoms with Crippen LogP contribution >= 0.6 is 0 Å². The van der Waals surface area contributed by atoms with Gasteiger partial charge < -0.3 is 15.6 Å². The maximum absolute atomic E-state index is 13.3. The molecule has 5 nitrogen and oxygen atoms in total. The second-order valence-corrected chi connectivity index (χ2v) is 6.75. The molecule has 144 valence electrons. The Morgan fingerprint density at radius 3 is 2.35 bits per heavy atom. The number of amides is 1. The van der Waals surface area contributed by atoms with Crippen molar-refractivity contribution in [2.75, 3.05) is 6.54 Å². The number of rotatable bonds is 6. The van der Waals surface area contributed by atoms with Gasteiger partial charge in [-0.05, 0) is 44.9 Å². The average Bonchev–Trinajstić information content (AvgIpc) is 2.99. The summed E-state index contributed by atoms with van der Waals surface area (Å²) in [6, 6.07) is 4.01. The largest absolute Gasteiger partial charge is 0.449 e. The lowest BCUT2D eigenvalue weighted by Gasteiger charge is -2.31. The standard InChI is InChI=1S/C18H25F3N4O/c1-5-17(6-2,10-22)24-15(26)12-7-8-14-13(9-12)23-16(18(19,20)21)25(14)11(3)4/h7-9,11H,5-6,10,22H2,1-4H3,(H,24,26). The number of benzene rings is 1. The van der Waals surface area contributed by atoms with Crippen LogP contribution in [-0.4, -0.2) is 27.5 Å². The molecule has 2 aromatic rings. The minimum absolute atomic E-state index is 0.144. The number of halogens is 3. The monoisotopic (exact) mass is 370 g/mol. The van der Waals surface area contributed by atoms with E-state index in [4.69, 9.17) is 5.73 Å². The van der Waals surface area contributed by atoms with Crippen LogP contribution in [0.3, 0.4) is 0 Å². The van der Waals surface area contributed by atoms with Gasteiger partial charge in [-0.3, -0.25) is 4.79 Å². The molecule has 0 bridgehead atoms. The minimum atomic E-state index is -4.56. The van der Waals surface area contributed by atoms with E-state index in [9.17, 15) is 18.0 Å². The van der Waals surface area contributed by atoms with Crippen molar-refractivity contribution in [3.8, 4) is 0 Å². The number of nitrogens with two attached hydrogens (primary N) is 1. The average molecular weight is 370 g/mol. The van der Waals surface area contributed by atoms with Crippen molar-refractivity contribution >= 4 is 16.9 Å². The van der Waals surface area contributed by atoms with E-state index in [0.717, 1.165) is 4.57 Å². The Kier molecular flexibility index (Phi) is 5.65. The summed E-state index contributed by atoms with van der Waals surface area (Å²) in [7, 11) is 0. The number of carbonyl (C=O) groups excluding carboxylic acids is 1. The molecule has 0 unspecified atom stereocenters. The molecule has 8 heteroatoms. The zero-order valence-electron chi connectivity index (χ0n) is 15.4. The van der Waals surface area contributed by atoms with Gasteiger partial charge in [-0.25, -0.2) is 4.98 Å². The number of nitrogens with one attached hydrogen (secondary N) is 1. The third-order valence-corrected chi connectivity index (χ3v) is 4.84. The quantitative estimate of drug-likeness (QED) is 0.810. The first-order chi connectivity index (χ1) is 12.1. The van der Waals surface area contributed by atoms with E-state index in [1.165, 1.54) is 18.2 Å². The van der Waals surface area contributed by atoms with Crippen LogP contribution < -0.4 is 11.1 Å². The summed E-state index contributed by atoms with van der Waals surface area (Å²) in [6.45, 7) is 7.47. The minimum Gasteiger partial charge on any atom is -0.345 e. The molecule has 1 aromatic heterocycles. The SMILES string of the molecule is CCC(CC)(CN)NC(=O)c1ccc2c(c1)nc(C(F)(F)F)n2C(C)C. The summed E-state index contributed by atoms with van der Waals surface area (Å²) < 4.78 is 41.0. The zero-order valence-corrected chi connectivity index (χ0v) is 15.4. The first-order valence-electron chi connectivity index (χ1n) is 8.70. The van der Waals surface area contributed by atoms with E-state index in [0.29, 0.717) is 18.4 Å². The van der Waals surface area contributed by atoms with E-state index in [1.54, 1.807) is 13.8 Å². The Morgan fingerprint density at radius 2 is 1.88 bits per heavy atom. The fourth-order valence-corrected chi connectivity index (χ4v) is 3.04. The summed E-state index contributed by atoms with van der Waals surface area (Å²) in [6.07, 6.45) is -3.24. The lowest BCUT2D eigenvalue weighted by atomic mass is 9.92. The first kappa shape index (κ1) is 20.2. The summed E-state index contributed by atoms with van der Waals surface area (Å²) in [5, 5.41) is 2.91. The Labute approximate surface area is 150 Å². The van der Waals surface area contributed by atoms with Crippen LogP contribution in [0.4, 0.5) is 13.2 Å². The van der Waals surface area contributed by atoms with E-state index in [1.807, 2.05) is 13.8 Å². The van der Waals surface area contributed by atoms with Gasteiger partial charge in [-0.2, -0.15) is 13.2 Å². The van der Waals surface area contributed by atoms with E-state index in [-0.39, 0.29) is 23.5 Å². The number of hydrogen-bond donors (Lipinski definition) is 2. The van der Waals surface area contributed by atoms with Crippen molar-refractivity contribution in [3.05, 3.63) is 29.6 Å². The second-order valence-electron chi connectivity index (χ2n) is 6.75. The normalized spacial score (nSPS) is 12.8. The van der Waals surface area contributed by atoms with Crippen LogP contribution in [0, 0.1) is 0 Å². The lowest BCUT2D eigenvalue weighted by Crippen LogP contribution is -2.52. The molecule has 0 spiro atoms. The van der Waals surface area contributed by atoms with Gasteiger partial charge in [0.25, 0.3) is 5.91 Å². The summed E-state index contributed by atoms with van der Waals surface area (Å²) in [4.78, 5) is 16.3. The molecular weight excluding hydrogens is 345 g/mol. The van der Waals surface area contributed by atoms with E-state index < -0.39 is 23.6 Å². The van der Waals surface area contributed by atoms with Gasteiger partial charge >= 0.3 is 6.18 Å². The fourth-order valence-electron chi connectivity index (χ4n) is 3.04. The molecule has 3 N–H and O–H groups in total. The van der Waals surface area contributed by atoms with Crippen LogP contribution in [0.2, 0.25) is 0 Å². The molecule has 26 heavy (non-hydrogen) atoms. The van der Waals surface area contributed by atoms with Gasteiger partial charge in [0.05, 0.1) is 16.6 Å². The highest BCUT2D eigenvalue weighted by molar-refractivity contribution is 5.98. The first-order valence-corrected chi connectivity index (χ1v) is 8.70. The molecule has 1 heterocycles. The topological polar surface area (TPSA) is 72.9 Å². The van der Waals surface area contributed by atoms with Crippen molar-refractivity contribution in [3.63, 3.8) is 0 Å². The van der Waals surface area contributed by atoms with Crippen molar-refractivity contribution in [1.82, 2.24) is 14.9 Å². The van der Waals surface area contributed by atoms with Crippen LogP contribution in [0.25, 0.3) is 11.0 Å². The van der Waals surface area contributed by atoms with Crippen molar-refractivity contribution in [2.24, 2.45) is 5.73 Å². The predicted molar refractivity (Wildman–Crippen MR) is 95.0 cm³/mol. The molecular formula is C18H25F3N4O. The number of imidazole rings is 1. The maximum atomic E-state index is 13.3. The molecule has 0 aliphatic rings. The third kappa shape index (κ3) is 3.70. The van der Waals surface area contributed by atoms with Crippen LogP contribution in [-0.2, 0) is 6.18 Å². The zero-order chi connectivity index (χ0) is 19.7. The van der Waals surface area contributed by atoms with Gasteiger partial charge in [-0.1, -0.05) is 13.8 Å². The highest BCUT2D eigenvalue weighted by Crippen LogP contribution is 2.34. The Morgan fingerprint density at radius 1 is 1.27 bits per heavy atom. The van der Waals surface area contributed by atoms with Crippen LogP contribution in [0.1, 0.15) is 62.8 Å². The van der Waals surface area contributed by atoms with Gasteiger partial charge in [0, 0.05) is 18.2 Å². The van der Waals surface area contributed by atoms with Crippen molar-refractivity contribution in [2.45, 2.75) is 58.3 Å². The molecule has 0 aliphatic heterocycles. The molecule has 1 amide bonds. The van der Waals surface area contributed by atoms with Crippen molar-refractivity contribution < 1.29 is 18.0 Å². The van der Waals surface area contributed by atoms with Gasteiger partial charge in [-0.15, -0.1) is 0 Å². The molecule has 1 aromatic carbocycles. The van der Waals surface area contributed by atoms with Crippen molar-refractivity contribution in [1.29, 1.82) is 0 Å². The molecule has 0 atom stereocenters. The molecule has 0 saturated heterocycles. The Hall–Kier alpha value is -2.09. The van der Waals surface area contributed by atoms with E-state index >= 15 is 0 Å². The number of fused-ring (bicyclic) bond motifs is 1. The molecule has 0 radical (unpaired) electrons. The van der Waals surface area contributed by atoms with Crippen LogP contribution in [0.15, 0.2) is 18.2 Å². The number of aromatic nitrogens is 2. The molecule has 0 fully saturated rings. The van der Waals surface area contributed by atoms with Gasteiger partial charge in [0.2, 0.25) is 5.82 Å². The Bertz CT molecular complexity index is 783. The fraction of sp³-hybridized carbons (Fsp3) is 0.556. The highest BCUT2D eigenvalue weighted by atomic mass is 19.4. The summed E-state index contributed by atoms with van der Waals surface area (Å²) in [5.41, 5.74) is 6.02. The van der Waals surface area contributed by atoms with E-state index in [2.05, 4.69) is 10.3 Å². The molecule has 0 aliphatic carbocycles. The number of hydrogen-bond acceptors (Lipinski definition) is 3. The maximum Gasteiger partial charge on any atom is 0.449 e. The highest BCUT2D eigenvalue weighted by Gasteiger charge is 2.38. The van der Waals surface area contributed by atoms with Crippen LogP contribution in [0.5, 0.6) is 0 Å². The lowest BCUT2D eigenvalue weighted by molar-refractivity contribution is -0.147.